The fourth-order valence-corrected chi connectivity index (χ4v) is 2.67. The number of nitrogens with one attached hydrogen (secondary N) is 1. The molecule has 0 atom stereocenters. The Morgan fingerprint density at radius 1 is 1.71 bits per heavy atom. The minimum absolute atomic E-state index is 0.257. The molecule has 14 heavy (non-hydrogen) atoms. The van der Waals surface area contributed by atoms with E-state index >= 15 is 0 Å². The standard InChI is InChI=1S/C8H13N3OS2/c1-3-13-4-6-10-5(2)7(14-6)8(12)11-9/h3-4,9H2,1-2H3,(H,11,12). The molecule has 1 heterocycles. The Morgan fingerprint density at radius 3 is 3.00 bits per heavy atom. The molecule has 0 saturated heterocycles. The second-order valence-corrected chi connectivity index (χ2v) is 4.99. The molecule has 4 nitrogen and oxygen atoms in total. The van der Waals surface area contributed by atoms with Crippen molar-refractivity contribution < 1.29 is 4.79 Å². The molecule has 0 bridgehead atoms. The molecule has 0 unspecified atom stereocenters. The predicted octanol–water partition coefficient (Wildman–Crippen LogP) is 1.31. The number of rotatable bonds is 4. The summed E-state index contributed by atoms with van der Waals surface area (Å²) in [6.07, 6.45) is 0. The summed E-state index contributed by atoms with van der Waals surface area (Å²) in [4.78, 5) is 16.2. The summed E-state index contributed by atoms with van der Waals surface area (Å²) in [5, 5.41) is 0.980. The summed E-state index contributed by atoms with van der Waals surface area (Å²) in [6.45, 7) is 3.92. The van der Waals surface area contributed by atoms with E-state index in [-0.39, 0.29) is 5.91 Å². The lowest BCUT2D eigenvalue weighted by atomic mass is 10.4. The third kappa shape index (κ3) is 2.70. The quantitative estimate of drug-likeness (QED) is 0.466. The molecule has 1 aromatic heterocycles. The van der Waals surface area contributed by atoms with E-state index in [1.165, 1.54) is 11.3 Å². The van der Waals surface area contributed by atoms with Crippen LogP contribution >= 0.6 is 23.1 Å². The van der Waals surface area contributed by atoms with Crippen LogP contribution in [-0.4, -0.2) is 16.6 Å². The molecule has 0 radical (unpaired) electrons. The molecule has 1 aromatic rings. The van der Waals surface area contributed by atoms with Crippen LogP contribution in [0.15, 0.2) is 0 Å². The molecule has 0 fully saturated rings. The maximum atomic E-state index is 11.2. The van der Waals surface area contributed by atoms with Gasteiger partial charge >= 0.3 is 0 Å². The number of hydrogen-bond donors (Lipinski definition) is 2. The first kappa shape index (κ1) is 11.5. The number of nitrogens with two attached hydrogens (primary N) is 1. The van der Waals surface area contributed by atoms with E-state index in [9.17, 15) is 4.79 Å². The van der Waals surface area contributed by atoms with Crippen molar-refractivity contribution in [1.29, 1.82) is 0 Å². The van der Waals surface area contributed by atoms with E-state index in [0.717, 1.165) is 22.2 Å². The molecule has 3 N–H and O–H groups in total. The van der Waals surface area contributed by atoms with Crippen molar-refractivity contribution in [3.63, 3.8) is 0 Å². The predicted molar refractivity (Wildman–Crippen MR) is 60.3 cm³/mol. The van der Waals surface area contributed by atoms with Crippen LogP contribution in [0.3, 0.4) is 0 Å². The first-order valence-corrected chi connectivity index (χ1v) is 6.21. The van der Waals surface area contributed by atoms with Gasteiger partial charge in [0.1, 0.15) is 9.88 Å². The van der Waals surface area contributed by atoms with E-state index in [0.29, 0.717) is 4.88 Å². The highest BCUT2D eigenvalue weighted by molar-refractivity contribution is 7.98. The summed E-state index contributed by atoms with van der Waals surface area (Å²) in [5.74, 6) is 6.71. The second kappa shape index (κ2) is 5.33. The van der Waals surface area contributed by atoms with E-state index < -0.39 is 0 Å². The number of amides is 1. The first-order valence-electron chi connectivity index (χ1n) is 4.24. The Balaban J connectivity index is 2.77. The van der Waals surface area contributed by atoms with Gasteiger partial charge < -0.3 is 0 Å². The third-order valence-electron chi connectivity index (χ3n) is 1.61. The van der Waals surface area contributed by atoms with Crippen LogP contribution in [0.1, 0.15) is 27.3 Å². The molecule has 0 aliphatic heterocycles. The van der Waals surface area contributed by atoms with Crippen LogP contribution in [0.5, 0.6) is 0 Å². The molecule has 1 rings (SSSR count). The van der Waals surface area contributed by atoms with Crippen LogP contribution in [0.4, 0.5) is 0 Å². The Labute approximate surface area is 91.3 Å². The fourth-order valence-electron chi connectivity index (χ4n) is 0.980. The summed E-state index contributed by atoms with van der Waals surface area (Å²) in [5.41, 5.74) is 2.87. The highest BCUT2D eigenvalue weighted by atomic mass is 32.2. The largest absolute Gasteiger partial charge is 0.289 e. The van der Waals surface area contributed by atoms with Crippen molar-refractivity contribution in [2.45, 2.75) is 19.6 Å². The molecular formula is C8H13N3OS2. The Hall–Kier alpha value is -0.590. The Morgan fingerprint density at radius 2 is 2.43 bits per heavy atom. The number of aromatic nitrogens is 1. The van der Waals surface area contributed by atoms with Crippen LogP contribution in [-0.2, 0) is 5.75 Å². The number of aryl methyl sites for hydroxylation is 1. The van der Waals surface area contributed by atoms with E-state index in [2.05, 4.69) is 17.3 Å². The highest BCUT2D eigenvalue weighted by Gasteiger charge is 2.13. The number of thiazole rings is 1. The first-order chi connectivity index (χ1) is 6.69. The van der Waals surface area contributed by atoms with Crippen LogP contribution < -0.4 is 11.3 Å². The average Bonchev–Trinajstić information content (AvgIpc) is 2.55. The van der Waals surface area contributed by atoms with Gasteiger partial charge in [-0.1, -0.05) is 6.92 Å². The molecule has 0 aliphatic rings. The van der Waals surface area contributed by atoms with Gasteiger partial charge in [-0.2, -0.15) is 11.8 Å². The van der Waals surface area contributed by atoms with Gasteiger partial charge in [0.25, 0.3) is 5.91 Å². The third-order valence-corrected chi connectivity index (χ3v) is 3.83. The van der Waals surface area contributed by atoms with Crippen molar-refractivity contribution in [2.24, 2.45) is 5.84 Å². The average molecular weight is 231 g/mol. The molecule has 0 aromatic carbocycles. The zero-order chi connectivity index (χ0) is 10.6. The van der Waals surface area contributed by atoms with Gasteiger partial charge in [-0.15, -0.1) is 11.3 Å². The van der Waals surface area contributed by atoms with Crippen LogP contribution in [0, 0.1) is 6.92 Å². The molecule has 78 valence electrons. The van der Waals surface area contributed by atoms with Crippen molar-refractivity contribution in [3.8, 4) is 0 Å². The summed E-state index contributed by atoms with van der Waals surface area (Å²) < 4.78 is 0. The maximum Gasteiger partial charge on any atom is 0.277 e. The zero-order valence-corrected chi connectivity index (χ0v) is 9.80. The highest BCUT2D eigenvalue weighted by Crippen LogP contribution is 2.21. The zero-order valence-electron chi connectivity index (χ0n) is 8.16. The van der Waals surface area contributed by atoms with Crippen molar-refractivity contribution in [2.75, 3.05) is 5.75 Å². The summed E-state index contributed by atoms with van der Waals surface area (Å²) >= 11 is 3.20. The van der Waals surface area contributed by atoms with Crippen molar-refractivity contribution >= 4 is 29.0 Å². The molecule has 1 amide bonds. The van der Waals surface area contributed by atoms with Crippen LogP contribution in [0.25, 0.3) is 0 Å². The van der Waals surface area contributed by atoms with Gasteiger partial charge in [0, 0.05) is 5.75 Å². The maximum absolute atomic E-state index is 11.2. The number of carbonyl (C=O) groups is 1. The van der Waals surface area contributed by atoms with E-state index in [1.807, 2.05) is 6.92 Å². The summed E-state index contributed by atoms with van der Waals surface area (Å²) in [7, 11) is 0. The Kier molecular flexibility index (Phi) is 4.37. The van der Waals surface area contributed by atoms with Gasteiger partial charge in [-0.3, -0.25) is 10.2 Å². The van der Waals surface area contributed by atoms with Gasteiger partial charge in [-0.05, 0) is 12.7 Å². The number of hydrogen-bond acceptors (Lipinski definition) is 5. The molecular weight excluding hydrogens is 218 g/mol. The van der Waals surface area contributed by atoms with E-state index in [4.69, 9.17) is 5.84 Å². The number of hydrazine groups is 1. The second-order valence-electron chi connectivity index (χ2n) is 2.63. The van der Waals surface area contributed by atoms with Gasteiger partial charge in [0.05, 0.1) is 5.69 Å². The lowest BCUT2D eigenvalue weighted by Crippen LogP contribution is -2.29. The molecule has 0 aliphatic carbocycles. The number of carbonyl (C=O) groups excluding carboxylic acids is 1. The fraction of sp³-hybridized carbons (Fsp3) is 0.500. The minimum Gasteiger partial charge on any atom is -0.289 e. The van der Waals surface area contributed by atoms with Crippen LogP contribution in [0.2, 0.25) is 0 Å². The van der Waals surface area contributed by atoms with Crippen molar-refractivity contribution in [3.05, 3.63) is 15.6 Å². The Bertz CT molecular complexity index is 324. The van der Waals surface area contributed by atoms with Gasteiger partial charge in [0.2, 0.25) is 0 Å². The topological polar surface area (TPSA) is 68.0 Å². The summed E-state index contributed by atoms with van der Waals surface area (Å²) in [6, 6.07) is 0. The normalized spacial score (nSPS) is 10.2. The SMILES string of the molecule is CCSCc1nc(C)c(C(=O)NN)s1. The van der Waals surface area contributed by atoms with Crippen molar-refractivity contribution in [1.82, 2.24) is 10.4 Å². The number of nitrogen functional groups attached to an aromatic ring is 1. The monoisotopic (exact) mass is 231 g/mol. The lowest BCUT2D eigenvalue weighted by molar-refractivity contribution is 0.0957. The molecule has 0 saturated carbocycles. The number of nitrogens with zero attached hydrogens (tertiary/aromatic N) is 1. The van der Waals surface area contributed by atoms with Gasteiger partial charge in [0.15, 0.2) is 0 Å². The lowest BCUT2D eigenvalue weighted by Gasteiger charge is -1.93. The van der Waals surface area contributed by atoms with Gasteiger partial charge in [-0.25, -0.2) is 10.8 Å². The smallest absolute Gasteiger partial charge is 0.277 e. The number of thioether (sulfide) groups is 1. The minimum atomic E-state index is -0.257. The molecule has 0 spiro atoms. The molecule has 6 heteroatoms. The van der Waals surface area contributed by atoms with E-state index in [1.54, 1.807) is 11.8 Å².